The summed E-state index contributed by atoms with van der Waals surface area (Å²) in [5.74, 6) is -0.138. The number of hydrogen-bond acceptors (Lipinski definition) is 7. The maximum atomic E-state index is 15.0. The number of sulfone groups is 1. The molecule has 5 amide bonds. The van der Waals surface area contributed by atoms with Crippen molar-refractivity contribution in [2.75, 3.05) is 12.3 Å². The molecule has 1 saturated heterocycles. The molecule has 4 N–H and O–H groups in total. The van der Waals surface area contributed by atoms with Crippen LogP contribution in [0.15, 0.2) is 0 Å². The van der Waals surface area contributed by atoms with Crippen LogP contribution >= 0.6 is 0 Å². The number of hydrogen-bond donors (Lipinski definition) is 4. The minimum absolute atomic E-state index is 0.0458. The average molecular weight is 772 g/mol. The van der Waals surface area contributed by atoms with Gasteiger partial charge in [0.2, 0.25) is 17.6 Å². The molecule has 0 aromatic carbocycles. The molecule has 0 spiro atoms. The number of nitrogens with zero attached hydrogens (tertiary/aromatic N) is 1. The van der Waals surface area contributed by atoms with Gasteiger partial charge >= 0.3 is 6.03 Å². The number of fused-ring (bicyclic) bond motifs is 1. The van der Waals surface area contributed by atoms with Gasteiger partial charge in [0.25, 0.3) is 5.91 Å². The highest BCUT2D eigenvalue weighted by atomic mass is 32.2. The fraction of sp³-hybridized carbons (Fsp3) is 0.829. The topological polar surface area (TPSA) is 171 Å². The predicted octanol–water partition coefficient (Wildman–Crippen LogP) is 4.55. The molecule has 5 atom stereocenters. The minimum atomic E-state index is -3.58. The van der Waals surface area contributed by atoms with E-state index in [4.69, 9.17) is 6.42 Å². The Morgan fingerprint density at radius 1 is 0.870 bits per heavy atom. The molecule has 13 heteroatoms. The van der Waals surface area contributed by atoms with Gasteiger partial charge < -0.3 is 26.2 Å². The monoisotopic (exact) mass is 771 g/mol. The lowest BCUT2D eigenvalue weighted by molar-refractivity contribution is -0.146. The van der Waals surface area contributed by atoms with Crippen molar-refractivity contribution < 1.29 is 32.4 Å². The fourth-order valence-corrected chi connectivity index (χ4v) is 11.4. The van der Waals surface area contributed by atoms with Gasteiger partial charge in [-0.15, -0.1) is 12.3 Å². The van der Waals surface area contributed by atoms with Gasteiger partial charge in [-0.3, -0.25) is 19.2 Å². The fourth-order valence-electron chi connectivity index (χ4n) is 9.92. The van der Waals surface area contributed by atoms with Crippen LogP contribution in [0.4, 0.5) is 4.79 Å². The molecular weight excluding hydrogens is 707 g/mol. The largest absolute Gasteiger partial charge is 0.347 e. The number of carbonyl (C=O) groups is 5. The predicted molar refractivity (Wildman–Crippen MR) is 208 cm³/mol. The Bertz CT molecular complexity index is 1590. The van der Waals surface area contributed by atoms with Crippen LogP contribution in [0, 0.1) is 35.0 Å². The molecule has 5 fully saturated rings. The molecule has 302 valence electrons. The van der Waals surface area contributed by atoms with E-state index in [0.717, 1.165) is 64.2 Å². The van der Waals surface area contributed by atoms with E-state index in [2.05, 4.69) is 41.0 Å². The van der Waals surface area contributed by atoms with E-state index in [1.165, 1.54) is 0 Å². The smallest absolute Gasteiger partial charge is 0.315 e. The Hall–Kier alpha value is -3.14. The van der Waals surface area contributed by atoms with Crippen LogP contribution in [-0.4, -0.2) is 89.6 Å². The first-order valence-electron chi connectivity index (χ1n) is 20.5. The molecule has 0 aromatic heterocycles. The average Bonchev–Trinajstić information content (AvgIpc) is 3.51. The maximum Gasteiger partial charge on any atom is 0.315 e. The molecule has 1 unspecified atom stereocenters. The Balaban J connectivity index is 1.39. The quantitative estimate of drug-likeness (QED) is 0.157. The van der Waals surface area contributed by atoms with E-state index in [1.807, 2.05) is 6.92 Å². The molecule has 54 heavy (non-hydrogen) atoms. The molecule has 0 aromatic rings. The number of ketones is 1. The van der Waals surface area contributed by atoms with Gasteiger partial charge in [0.05, 0.1) is 22.1 Å². The van der Waals surface area contributed by atoms with Crippen molar-refractivity contribution in [1.29, 1.82) is 0 Å². The van der Waals surface area contributed by atoms with Crippen LogP contribution in [0.25, 0.3) is 0 Å². The van der Waals surface area contributed by atoms with Gasteiger partial charge in [0.1, 0.15) is 12.1 Å². The SMILES string of the molecule is C#CCCC(NC(=O)[C@@H]1[C@@H]2[C@H](CN1C(=O)[C@@H](NC(=O)NC1(CS(=O)(=O)C(C)(C)C)CCCCC1)C1(C)CCCCC1)C2(C)C)C(=O)C(=O)NC1CCCC1. The van der Waals surface area contributed by atoms with E-state index in [1.54, 1.807) is 25.7 Å². The van der Waals surface area contributed by atoms with Crippen LogP contribution in [0.1, 0.15) is 144 Å². The van der Waals surface area contributed by atoms with E-state index < -0.39 is 67.3 Å². The van der Waals surface area contributed by atoms with Crippen LogP contribution < -0.4 is 21.3 Å². The third kappa shape index (κ3) is 8.94. The van der Waals surface area contributed by atoms with Gasteiger partial charge in [-0.25, -0.2) is 13.2 Å². The zero-order valence-electron chi connectivity index (χ0n) is 33.5. The van der Waals surface area contributed by atoms with Crippen molar-refractivity contribution >= 4 is 39.4 Å². The minimum Gasteiger partial charge on any atom is -0.347 e. The highest BCUT2D eigenvalue weighted by Crippen LogP contribution is 2.65. The van der Waals surface area contributed by atoms with Crippen LogP contribution in [0.2, 0.25) is 0 Å². The Labute approximate surface area is 323 Å². The van der Waals surface area contributed by atoms with E-state index in [0.29, 0.717) is 32.2 Å². The van der Waals surface area contributed by atoms with Crippen molar-refractivity contribution in [3.05, 3.63) is 0 Å². The second-order valence-electron chi connectivity index (χ2n) is 19.0. The summed E-state index contributed by atoms with van der Waals surface area (Å²) >= 11 is 0. The molecule has 4 saturated carbocycles. The molecule has 0 bridgehead atoms. The van der Waals surface area contributed by atoms with Gasteiger partial charge in [-0.1, -0.05) is 72.1 Å². The summed E-state index contributed by atoms with van der Waals surface area (Å²) in [5.41, 5.74) is -1.78. The highest BCUT2D eigenvalue weighted by Gasteiger charge is 2.70. The van der Waals surface area contributed by atoms with Crippen molar-refractivity contribution in [3.8, 4) is 12.3 Å². The lowest BCUT2D eigenvalue weighted by atomic mass is 9.70. The summed E-state index contributed by atoms with van der Waals surface area (Å²) in [6, 6.07) is -3.66. The number of rotatable bonds is 13. The number of carbonyl (C=O) groups excluding carboxylic acids is 5. The van der Waals surface area contributed by atoms with Crippen molar-refractivity contribution in [2.45, 2.75) is 179 Å². The van der Waals surface area contributed by atoms with Crippen molar-refractivity contribution in [3.63, 3.8) is 0 Å². The summed E-state index contributed by atoms with van der Waals surface area (Å²) in [5, 5.41) is 11.8. The van der Waals surface area contributed by atoms with Crippen LogP contribution in [-0.2, 0) is 29.0 Å². The van der Waals surface area contributed by atoms with E-state index in [-0.39, 0.29) is 47.8 Å². The summed E-state index contributed by atoms with van der Waals surface area (Å²) in [4.78, 5) is 71.5. The normalized spacial score (nSPS) is 27.1. The number of piperidine rings is 1. The van der Waals surface area contributed by atoms with Crippen molar-refractivity contribution in [1.82, 2.24) is 26.2 Å². The Morgan fingerprint density at radius 2 is 1.46 bits per heavy atom. The molecule has 5 rings (SSSR count). The number of Topliss-reactive ketones (excluding diaryl/α,β-unsaturated/α-hetero) is 1. The van der Waals surface area contributed by atoms with Crippen molar-refractivity contribution in [2.24, 2.45) is 22.7 Å². The summed E-state index contributed by atoms with van der Waals surface area (Å²) in [6.07, 6.45) is 17.2. The summed E-state index contributed by atoms with van der Waals surface area (Å²) in [7, 11) is -3.58. The maximum absolute atomic E-state index is 15.0. The number of nitrogens with one attached hydrogen (secondary N) is 4. The van der Waals surface area contributed by atoms with Gasteiger partial charge in [0, 0.05) is 19.0 Å². The first kappa shape index (κ1) is 42.0. The molecule has 5 aliphatic rings. The molecule has 1 aliphatic heterocycles. The Morgan fingerprint density at radius 3 is 2.04 bits per heavy atom. The first-order chi connectivity index (χ1) is 25.3. The van der Waals surface area contributed by atoms with E-state index >= 15 is 0 Å². The number of likely N-dealkylation sites (tertiary alicyclic amines) is 1. The molecular formula is C41H65N5O7S. The second kappa shape index (κ2) is 16.1. The second-order valence-corrected chi connectivity index (χ2v) is 21.7. The molecule has 1 heterocycles. The van der Waals surface area contributed by atoms with Crippen LogP contribution in [0.5, 0.6) is 0 Å². The molecule has 12 nitrogen and oxygen atoms in total. The summed E-state index contributed by atoms with van der Waals surface area (Å²) < 4.78 is 25.9. The van der Waals surface area contributed by atoms with Gasteiger partial charge in [0.15, 0.2) is 9.84 Å². The van der Waals surface area contributed by atoms with Crippen LogP contribution in [0.3, 0.4) is 0 Å². The zero-order valence-corrected chi connectivity index (χ0v) is 34.3. The number of terminal acetylenes is 1. The molecule has 4 aliphatic carbocycles. The Kier molecular flexibility index (Phi) is 12.6. The summed E-state index contributed by atoms with van der Waals surface area (Å²) in [6.45, 7) is 11.5. The highest BCUT2D eigenvalue weighted by molar-refractivity contribution is 7.92. The lowest BCUT2D eigenvalue weighted by Crippen LogP contribution is -2.65. The third-order valence-electron chi connectivity index (χ3n) is 13.7. The first-order valence-corrected chi connectivity index (χ1v) is 22.1. The third-order valence-corrected chi connectivity index (χ3v) is 16.5. The number of amides is 5. The molecule has 0 radical (unpaired) electrons. The number of urea groups is 1. The lowest BCUT2D eigenvalue weighted by Gasteiger charge is -2.44. The van der Waals surface area contributed by atoms with E-state index in [9.17, 15) is 32.4 Å². The zero-order chi connectivity index (χ0) is 39.7. The standard InChI is InChI=1S/C41H65N5O7S/c1-8-9-20-29(32(47)35(49)42-27-18-12-13-19-27)43-34(48)31-30-28(39(30,5)6)25-46(31)36(50)33(40(7)21-14-10-15-22-40)44-37(51)45-41(23-16-11-17-24-41)26-54(52,53)38(2,3)4/h1,27-31,33H,9-26H2,2-7H3,(H,42,49)(H,43,48)(H2,44,45,51)/t28-,29?,30-,31-,33+/m0/s1. The van der Waals surface area contributed by atoms with Gasteiger partial charge in [-0.2, -0.15) is 0 Å². The van der Waals surface area contributed by atoms with Gasteiger partial charge in [-0.05, 0) is 88.4 Å².